The van der Waals surface area contributed by atoms with E-state index in [0.29, 0.717) is 12.4 Å². The summed E-state index contributed by atoms with van der Waals surface area (Å²) in [6, 6.07) is 3.81. The molecule has 2 heterocycles. The van der Waals surface area contributed by atoms with Crippen LogP contribution in [0.4, 0.5) is 0 Å². The zero-order valence-corrected chi connectivity index (χ0v) is 14.3. The Morgan fingerprint density at radius 1 is 1.25 bits per heavy atom. The Labute approximate surface area is 141 Å². The van der Waals surface area contributed by atoms with Crippen molar-refractivity contribution in [2.75, 3.05) is 13.7 Å². The molecule has 24 heavy (non-hydrogen) atoms. The maximum absolute atomic E-state index is 11.4. The summed E-state index contributed by atoms with van der Waals surface area (Å²) < 4.78 is 10.8. The third kappa shape index (κ3) is 4.18. The zero-order chi connectivity index (χ0) is 17.7. The van der Waals surface area contributed by atoms with E-state index in [1.54, 1.807) is 20.2 Å². The van der Waals surface area contributed by atoms with Crippen LogP contribution >= 0.6 is 0 Å². The van der Waals surface area contributed by atoms with Crippen LogP contribution in [-0.4, -0.2) is 34.6 Å². The Kier molecular flexibility index (Phi) is 5.68. The molecule has 0 aliphatic rings. The minimum atomic E-state index is -0.609. The van der Waals surface area contributed by atoms with E-state index in [0.717, 1.165) is 11.4 Å². The van der Waals surface area contributed by atoms with Crippen LogP contribution in [-0.2, 0) is 0 Å². The molecule has 0 saturated carbocycles. The van der Waals surface area contributed by atoms with Crippen LogP contribution < -0.4 is 15.2 Å². The lowest BCUT2D eigenvalue weighted by Gasteiger charge is -2.20. The first-order chi connectivity index (χ1) is 11.4. The monoisotopic (exact) mass is 330 g/mol. The van der Waals surface area contributed by atoms with Crippen LogP contribution in [0.5, 0.6) is 11.6 Å². The van der Waals surface area contributed by atoms with Crippen molar-refractivity contribution in [1.82, 2.24) is 15.0 Å². The fraction of sp³-hybridized carbons (Fsp3) is 0.412. The smallest absolute Gasteiger partial charge is 0.255 e. The molecular formula is C17H22N4O3. The standard InChI is InChI=1S/C17H22N4O3/c1-10(11(2)15-6-5-13(23-4)7-20-15)9-24-17-14(16(18)22)8-19-12(3)21-17/h5-8,10-11H,9H2,1-4H3,(H2,18,22)/t10-,11+/m1/s1. The van der Waals surface area contributed by atoms with Gasteiger partial charge >= 0.3 is 0 Å². The first-order valence-corrected chi connectivity index (χ1v) is 7.68. The average molecular weight is 330 g/mol. The highest BCUT2D eigenvalue weighted by molar-refractivity contribution is 5.94. The molecule has 0 saturated heterocycles. The molecule has 7 nitrogen and oxygen atoms in total. The van der Waals surface area contributed by atoms with Gasteiger partial charge in [0, 0.05) is 17.8 Å². The molecule has 1 amide bonds. The summed E-state index contributed by atoms with van der Waals surface area (Å²) in [6.45, 7) is 6.23. The third-order valence-corrected chi connectivity index (χ3v) is 3.94. The normalized spacial score (nSPS) is 13.2. The third-order valence-electron chi connectivity index (χ3n) is 3.94. The second-order valence-corrected chi connectivity index (χ2v) is 5.70. The molecule has 0 unspecified atom stereocenters. The van der Waals surface area contributed by atoms with E-state index in [1.807, 2.05) is 12.1 Å². The number of aromatic nitrogens is 3. The number of primary amides is 1. The number of methoxy groups -OCH3 is 1. The number of amides is 1. The van der Waals surface area contributed by atoms with Crippen molar-refractivity contribution in [2.45, 2.75) is 26.7 Å². The number of nitrogens with zero attached hydrogens (tertiary/aromatic N) is 3. The quantitative estimate of drug-likeness (QED) is 0.834. The van der Waals surface area contributed by atoms with Crippen molar-refractivity contribution < 1.29 is 14.3 Å². The van der Waals surface area contributed by atoms with E-state index in [-0.39, 0.29) is 23.3 Å². The van der Waals surface area contributed by atoms with Crippen LogP contribution in [0.3, 0.4) is 0 Å². The molecule has 2 aromatic heterocycles. The van der Waals surface area contributed by atoms with E-state index in [4.69, 9.17) is 15.2 Å². The SMILES string of the molecule is COc1ccc([C@@H](C)[C@H](C)COc2nc(C)ncc2C(N)=O)nc1. The Hall–Kier alpha value is -2.70. The van der Waals surface area contributed by atoms with Gasteiger partial charge in [0.2, 0.25) is 5.88 Å². The molecule has 2 rings (SSSR count). The molecule has 7 heteroatoms. The Morgan fingerprint density at radius 3 is 2.58 bits per heavy atom. The molecule has 0 fully saturated rings. The van der Waals surface area contributed by atoms with Gasteiger partial charge in [0.05, 0.1) is 19.9 Å². The summed E-state index contributed by atoms with van der Waals surface area (Å²) >= 11 is 0. The summed E-state index contributed by atoms with van der Waals surface area (Å²) in [5.74, 6) is 1.17. The van der Waals surface area contributed by atoms with Crippen LogP contribution in [0.1, 0.15) is 41.6 Å². The van der Waals surface area contributed by atoms with Crippen molar-refractivity contribution in [3.8, 4) is 11.6 Å². The van der Waals surface area contributed by atoms with E-state index in [2.05, 4.69) is 28.8 Å². The summed E-state index contributed by atoms with van der Waals surface area (Å²) in [4.78, 5) is 24.0. The van der Waals surface area contributed by atoms with E-state index >= 15 is 0 Å². The fourth-order valence-corrected chi connectivity index (χ4v) is 2.16. The number of hydrogen-bond donors (Lipinski definition) is 1. The van der Waals surface area contributed by atoms with Crippen molar-refractivity contribution in [3.05, 3.63) is 41.6 Å². The van der Waals surface area contributed by atoms with Gasteiger partial charge < -0.3 is 15.2 Å². The van der Waals surface area contributed by atoms with Gasteiger partial charge in [-0.05, 0) is 25.0 Å². The number of nitrogens with two attached hydrogens (primary N) is 1. The van der Waals surface area contributed by atoms with Crippen LogP contribution in [0.15, 0.2) is 24.5 Å². The molecule has 0 aromatic carbocycles. The molecule has 0 radical (unpaired) electrons. The number of hydrogen-bond acceptors (Lipinski definition) is 6. The molecule has 2 atom stereocenters. The molecule has 0 aliphatic heterocycles. The Balaban J connectivity index is 2.05. The number of pyridine rings is 1. The summed E-state index contributed by atoms with van der Waals surface area (Å²) in [7, 11) is 1.61. The van der Waals surface area contributed by atoms with Gasteiger partial charge in [-0.15, -0.1) is 0 Å². The number of carbonyl (C=O) groups excluding carboxylic acids is 1. The minimum Gasteiger partial charge on any atom is -0.495 e. The number of aryl methyl sites for hydroxylation is 1. The summed E-state index contributed by atoms with van der Waals surface area (Å²) in [6.07, 6.45) is 3.08. The molecule has 0 bridgehead atoms. The lowest BCUT2D eigenvalue weighted by atomic mass is 9.93. The van der Waals surface area contributed by atoms with Gasteiger partial charge in [-0.1, -0.05) is 13.8 Å². The number of carbonyl (C=O) groups is 1. The summed E-state index contributed by atoms with van der Waals surface area (Å²) in [5.41, 5.74) is 6.46. The Bertz CT molecular complexity index is 703. The average Bonchev–Trinajstić information content (AvgIpc) is 2.58. The molecule has 0 spiro atoms. The lowest BCUT2D eigenvalue weighted by Crippen LogP contribution is -2.20. The largest absolute Gasteiger partial charge is 0.495 e. The maximum Gasteiger partial charge on any atom is 0.255 e. The van der Waals surface area contributed by atoms with Gasteiger partial charge in [0.25, 0.3) is 5.91 Å². The molecule has 2 aromatic rings. The van der Waals surface area contributed by atoms with Crippen molar-refractivity contribution in [1.29, 1.82) is 0 Å². The van der Waals surface area contributed by atoms with E-state index in [9.17, 15) is 4.79 Å². The second-order valence-electron chi connectivity index (χ2n) is 5.70. The highest BCUT2D eigenvalue weighted by Crippen LogP contribution is 2.25. The topological polar surface area (TPSA) is 100 Å². The predicted molar refractivity (Wildman–Crippen MR) is 89.1 cm³/mol. The fourth-order valence-electron chi connectivity index (χ4n) is 2.16. The molecule has 0 aliphatic carbocycles. The molecular weight excluding hydrogens is 308 g/mol. The van der Waals surface area contributed by atoms with Crippen LogP contribution in [0.2, 0.25) is 0 Å². The van der Waals surface area contributed by atoms with Crippen molar-refractivity contribution in [3.63, 3.8) is 0 Å². The van der Waals surface area contributed by atoms with Gasteiger partial charge in [-0.25, -0.2) is 4.98 Å². The van der Waals surface area contributed by atoms with Gasteiger partial charge in [-0.2, -0.15) is 4.98 Å². The minimum absolute atomic E-state index is 0.155. The predicted octanol–water partition coefficient (Wildman–Crippen LogP) is 2.11. The van der Waals surface area contributed by atoms with E-state index in [1.165, 1.54) is 6.20 Å². The molecule has 128 valence electrons. The van der Waals surface area contributed by atoms with E-state index < -0.39 is 5.91 Å². The van der Waals surface area contributed by atoms with Gasteiger partial charge in [0.15, 0.2) is 0 Å². The first-order valence-electron chi connectivity index (χ1n) is 7.68. The Morgan fingerprint density at radius 2 is 2.00 bits per heavy atom. The lowest BCUT2D eigenvalue weighted by molar-refractivity contribution is 0.0993. The molecule has 2 N–H and O–H groups in total. The first kappa shape index (κ1) is 17.7. The van der Waals surface area contributed by atoms with Gasteiger partial charge in [-0.3, -0.25) is 9.78 Å². The highest BCUT2D eigenvalue weighted by Gasteiger charge is 2.19. The van der Waals surface area contributed by atoms with Crippen LogP contribution in [0.25, 0.3) is 0 Å². The van der Waals surface area contributed by atoms with Crippen molar-refractivity contribution in [2.24, 2.45) is 11.7 Å². The zero-order valence-electron chi connectivity index (χ0n) is 14.3. The second kappa shape index (κ2) is 7.72. The number of ether oxygens (including phenoxy) is 2. The summed E-state index contributed by atoms with van der Waals surface area (Å²) in [5, 5.41) is 0. The van der Waals surface area contributed by atoms with Gasteiger partial charge in [0.1, 0.15) is 17.1 Å². The highest BCUT2D eigenvalue weighted by atomic mass is 16.5. The van der Waals surface area contributed by atoms with Crippen molar-refractivity contribution >= 4 is 5.91 Å². The number of rotatable bonds is 7. The maximum atomic E-state index is 11.4. The van der Waals surface area contributed by atoms with Crippen LogP contribution in [0, 0.1) is 12.8 Å².